The van der Waals surface area contributed by atoms with E-state index in [2.05, 4.69) is 35.4 Å². The van der Waals surface area contributed by atoms with Crippen molar-refractivity contribution in [1.82, 2.24) is 9.55 Å². The van der Waals surface area contributed by atoms with Crippen LogP contribution in [0.4, 0.5) is 14.9 Å². The Labute approximate surface area is 199 Å². The molecule has 7 nitrogen and oxygen atoms in total. The van der Waals surface area contributed by atoms with Gasteiger partial charge in [-0.05, 0) is 55.5 Å². The van der Waals surface area contributed by atoms with Crippen LogP contribution in [0.15, 0.2) is 36.7 Å². The van der Waals surface area contributed by atoms with Crippen LogP contribution in [0, 0.1) is 5.82 Å². The van der Waals surface area contributed by atoms with Gasteiger partial charge in [-0.1, -0.05) is 19.6 Å². The quantitative estimate of drug-likeness (QED) is 0.250. The van der Waals surface area contributed by atoms with Crippen LogP contribution >= 0.6 is 0 Å². The van der Waals surface area contributed by atoms with Crippen molar-refractivity contribution < 1.29 is 23.8 Å². The second kappa shape index (κ2) is 9.75. The summed E-state index contributed by atoms with van der Waals surface area (Å²) in [6.45, 7) is 10.1. The van der Waals surface area contributed by atoms with Gasteiger partial charge in [0.05, 0.1) is 5.69 Å². The molecule has 0 aliphatic heterocycles. The van der Waals surface area contributed by atoms with Crippen LogP contribution in [-0.2, 0) is 11.5 Å². The van der Waals surface area contributed by atoms with E-state index in [1.807, 2.05) is 18.3 Å². The van der Waals surface area contributed by atoms with E-state index in [-0.39, 0.29) is 11.8 Å². The lowest BCUT2D eigenvalue weighted by atomic mass is 10.0. The number of fused-ring (bicyclic) bond motifs is 1. The van der Waals surface area contributed by atoms with Gasteiger partial charge in [0.25, 0.3) is 0 Å². The minimum absolute atomic E-state index is 0.110. The highest BCUT2D eigenvalue weighted by molar-refractivity contribution is 6.76. The second-order valence-electron chi connectivity index (χ2n) is 10.1. The van der Waals surface area contributed by atoms with Crippen molar-refractivity contribution >= 4 is 30.9 Å². The molecule has 1 saturated carbocycles. The molecule has 1 aliphatic carbocycles. The highest BCUT2D eigenvalue weighted by atomic mass is 28.3. The zero-order chi connectivity index (χ0) is 24.5. The number of carboxylic acid groups (broad SMARTS) is 1. The standard InChI is InChI=1S/C25H32FN3O4Si/c1-16(33-18-7-8-22(21(26)13-18)28-25(30)31)19-9-10-27-24-23(19)20(17-5-6-17)14-29(24)15-32-11-12-34(2,3)4/h7-10,13-14,16-17,28H,5-6,11-12,15H2,1-4H3,(H,30,31). The Kier molecular flexibility index (Phi) is 6.95. The van der Waals surface area contributed by atoms with Gasteiger partial charge in [0, 0.05) is 44.1 Å². The number of carbonyl (C=O) groups is 1. The first-order valence-electron chi connectivity index (χ1n) is 11.6. The van der Waals surface area contributed by atoms with Gasteiger partial charge in [0.1, 0.15) is 24.2 Å². The summed E-state index contributed by atoms with van der Waals surface area (Å²) in [6.07, 6.45) is 4.57. The fourth-order valence-corrected chi connectivity index (χ4v) is 4.76. The molecule has 9 heteroatoms. The third kappa shape index (κ3) is 5.77. The Morgan fingerprint density at radius 1 is 1.32 bits per heavy atom. The average molecular weight is 486 g/mol. The lowest BCUT2D eigenvalue weighted by Gasteiger charge is -2.18. The molecule has 1 unspecified atom stereocenters. The van der Waals surface area contributed by atoms with Gasteiger partial charge < -0.3 is 19.1 Å². The number of benzene rings is 1. The molecule has 1 fully saturated rings. The topological polar surface area (TPSA) is 85.6 Å². The molecular weight excluding hydrogens is 453 g/mol. The van der Waals surface area contributed by atoms with E-state index >= 15 is 0 Å². The smallest absolute Gasteiger partial charge is 0.409 e. The predicted octanol–water partition coefficient (Wildman–Crippen LogP) is 6.60. The normalized spacial score (nSPS) is 14.9. The molecule has 2 N–H and O–H groups in total. The first-order valence-corrected chi connectivity index (χ1v) is 15.3. The van der Waals surface area contributed by atoms with Crippen LogP contribution in [0.1, 0.15) is 42.9 Å². The van der Waals surface area contributed by atoms with E-state index in [0.29, 0.717) is 18.4 Å². The number of aromatic nitrogens is 2. The lowest BCUT2D eigenvalue weighted by molar-refractivity contribution is 0.0898. The highest BCUT2D eigenvalue weighted by Gasteiger charge is 2.30. The fourth-order valence-electron chi connectivity index (χ4n) is 4.01. The number of halogens is 1. The summed E-state index contributed by atoms with van der Waals surface area (Å²) in [5.74, 6) is 0.153. The van der Waals surface area contributed by atoms with Crippen molar-refractivity contribution in [2.24, 2.45) is 0 Å². The van der Waals surface area contributed by atoms with Crippen molar-refractivity contribution in [1.29, 1.82) is 0 Å². The van der Waals surface area contributed by atoms with Crippen LogP contribution < -0.4 is 10.1 Å². The third-order valence-corrected chi connectivity index (χ3v) is 7.70. The molecule has 1 amide bonds. The molecular formula is C25H32FN3O4Si. The first-order chi connectivity index (χ1) is 16.1. The minimum Gasteiger partial charge on any atom is -0.486 e. The molecule has 182 valence electrons. The summed E-state index contributed by atoms with van der Waals surface area (Å²) in [4.78, 5) is 15.4. The first kappa shape index (κ1) is 24.2. The Morgan fingerprint density at radius 2 is 2.09 bits per heavy atom. The van der Waals surface area contributed by atoms with Crippen molar-refractivity contribution in [2.75, 3.05) is 11.9 Å². The molecule has 34 heavy (non-hydrogen) atoms. The summed E-state index contributed by atoms with van der Waals surface area (Å²) >= 11 is 0. The zero-order valence-electron chi connectivity index (χ0n) is 20.1. The molecule has 4 rings (SSSR count). The SMILES string of the molecule is CC(Oc1ccc(NC(=O)O)c(F)c1)c1ccnc2c1c(C1CC1)cn2COCC[Si](C)(C)C. The number of rotatable bonds is 10. The molecule has 1 aliphatic rings. The van der Waals surface area contributed by atoms with E-state index in [4.69, 9.17) is 14.6 Å². The second-order valence-corrected chi connectivity index (χ2v) is 15.7. The average Bonchev–Trinajstić information content (AvgIpc) is 3.53. The maximum Gasteiger partial charge on any atom is 0.409 e. The number of anilines is 1. The van der Waals surface area contributed by atoms with Crippen molar-refractivity contribution in [2.45, 2.75) is 64.2 Å². The van der Waals surface area contributed by atoms with E-state index in [1.165, 1.54) is 17.7 Å². The molecule has 2 heterocycles. The molecule has 1 atom stereocenters. The van der Waals surface area contributed by atoms with Gasteiger partial charge in [0.2, 0.25) is 0 Å². The Morgan fingerprint density at radius 3 is 2.74 bits per heavy atom. The van der Waals surface area contributed by atoms with Gasteiger partial charge in [-0.25, -0.2) is 14.2 Å². The Balaban J connectivity index is 1.57. The summed E-state index contributed by atoms with van der Waals surface area (Å²) in [7, 11) is -1.15. The number of amides is 1. The van der Waals surface area contributed by atoms with E-state index in [1.54, 1.807) is 12.3 Å². The Bertz CT molecular complexity index is 1190. The van der Waals surface area contributed by atoms with Crippen LogP contribution in [-0.4, -0.2) is 35.4 Å². The monoisotopic (exact) mass is 485 g/mol. The van der Waals surface area contributed by atoms with Crippen LogP contribution in [0.3, 0.4) is 0 Å². The van der Waals surface area contributed by atoms with Crippen molar-refractivity contribution in [3.8, 4) is 5.75 Å². The van der Waals surface area contributed by atoms with E-state index in [9.17, 15) is 9.18 Å². The number of nitrogens with one attached hydrogen (secondary N) is 1. The predicted molar refractivity (Wildman–Crippen MR) is 133 cm³/mol. The summed E-state index contributed by atoms with van der Waals surface area (Å²) in [5, 5.41) is 11.9. The van der Waals surface area contributed by atoms with Gasteiger partial charge in [-0.3, -0.25) is 5.32 Å². The molecule has 2 aromatic heterocycles. The van der Waals surface area contributed by atoms with Crippen LogP contribution in [0.25, 0.3) is 11.0 Å². The van der Waals surface area contributed by atoms with E-state index < -0.39 is 20.0 Å². The van der Waals surface area contributed by atoms with E-state index in [0.717, 1.165) is 42.1 Å². The number of pyridine rings is 1. The maximum atomic E-state index is 14.3. The molecule has 1 aromatic carbocycles. The number of nitrogens with zero attached hydrogens (tertiary/aromatic N) is 2. The zero-order valence-corrected chi connectivity index (χ0v) is 21.1. The van der Waals surface area contributed by atoms with Crippen LogP contribution in [0.2, 0.25) is 25.7 Å². The van der Waals surface area contributed by atoms with Gasteiger partial charge in [0.15, 0.2) is 5.82 Å². The fraction of sp³-hybridized carbons (Fsp3) is 0.440. The van der Waals surface area contributed by atoms with Crippen molar-refractivity contribution in [3.63, 3.8) is 0 Å². The maximum absolute atomic E-state index is 14.3. The number of hydrogen-bond acceptors (Lipinski definition) is 4. The van der Waals surface area contributed by atoms with Crippen molar-refractivity contribution in [3.05, 3.63) is 53.6 Å². The van der Waals surface area contributed by atoms with Crippen LogP contribution in [0.5, 0.6) is 5.75 Å². The number of ether oxygens (including phenoxy) is 2. The van der Waals surface area contributed by atoms with Gasteiger partial charge >= 0.3 is 6.09 Å². The lowest BCUT2D eigenvalue weighted by Crippen LogP contribution is -2.22. The third-order valence-electron chi connectivity index (χ3n) is 6.00. The summed E-state index contributed by atoms with van der Waals surface area (Å²) < 4.78 is 28.4. The largest absolute Gasteiger partial charge is 0.486 e. The van der Waals surface area contributed by atoms with Gasteiger partial charge in [-0.15, -0.1) is 0 Å². The molecule has 3 aromatic rings. The molecule has 0 radical (unpaired) electrons. The molecule has 0 saturated heterocycles. The Hall–Kier alpha value is -2.91. The minimum atomic E-state index is -1.32. The summed E-state index contributed by atoms with van der Waals surface area (Å²) in [6, 6.07) is 7.17. The van der Waals surface area contributed by atoms with Gasteiger partial charge in [-0.2, -0.15) is 0 Å². The molecule has 0 bridgehead atoms. The molecule has 0 spiro atoms. The highest BCUT2D eigenvalue weighted by Crippen LogP contribution is 2.45. The number of hydrogen-bond donors (Lipinski definition) is 2. The summed E-state index contributed by atoms with van der Waals surface area (Å²) in [5.41, 5.74) is 3.01.